The minimum atomic E-state index is -0.632. The molecule has 0 spiro atoms. The smallest absolute Gasteiger partial charge is 0.336 e. The summed E-state index contributed by atoms with van der Waals surface area (Å²) >= 11 is 0. The molecular formula is C24H20N2O7. The van der Waals surface area contributed by atoms with Crippen LogP contribution in [0.4, 0.5) is 0 Å². The molecule has 1 N–H and O–H groups in total. The molecule has 2 aromatic heterocycles. The standard InChI is InChI=1S/C24H20N2O7/c1-10-7-16(28)32-22-18(10)21(30)19(11(2)27)23-20(22)13(9-17(29)33-23)12-5-6-14-15(8-12)26(4)24(31)25(14)3/h5-8,13,30H,9H2,1-4H3. The van der Waals surface area contributed by atoms with E-state index in [9.17, 15) is 24.3 Å². The maximum atomic E-state index is 12.6. The lowest BCUT2D eigenvalue weighted by molar-refractivity contribution is -0.135. The Bertz CT molecular complexity index is 1650. The summed E-state index contributed by atoms with van der Waals surface area (Å²) in [5.74, 6) is -2.22. The number of imidazole rings is 1. The molecule has 0 bridgehead atoms. The van der Waals surface area contributed by atoms with Gasteiger partial charge in [-0.15, -0.1) is 0 Å². The molecule has 0 saturated carbocycles. The van der Waals surface area contributed by atoms with E-state index in [-0.39, 0.29) is 34.4 Å². The van der Waals surface area contributed by atoms with Crippen molar-refractivity contribution in [1.82, 2.24) is 9.13 Å². The predicted octanol–water partition coefficient (Wildman–Crippen LogP) is 2.64. The lowest BCUT2D eigenvalue weighted by Gasteiger charge is -2.28. The van der Waals surface area contributed by atoms with Gasteiger partial charge in [-0.2, -0.15) is 0 Å². The Balaban J connectivity index is 1.91. The van der Waals surface area contributed by atoms with Gasteiger partial charge in [0.05, 0.1) is 22.8 Å². The molecule has 0 amide bonds. The van der Waals surface area contributed by atoms with E-state index in [2.05, 4.69) is 0 Å². The summed E-state index contributed by atoms with van der Waals surface area (Å²) in [5, 5.41) is 11.1. The monoisotopic (exact) mass is 448 g/mol. The average molecular weight is 448 g/mol. The number of Topliss-reactive ketones (excluding diaryl/α,β-unsaturated/α-hetero) is 1. The Morgan fingerprint density at radius 3 is 2.48 bits per heavy atom. The average Bonchev–Trinajstić information content (AvgIpc) is 2.96. The number of benzene rings is 2. The SMILES string of the molecule is CC(=O)c1c2c(c3oc(=O)cc(C)c3c1O)C(c1ccc3c(c1)n(C)c(=O)n3C)CC(=O)O2. The fraction of sp³-hybridized carbons (Fsp3) is 0.250. The largest absolute Gasteiger partial charge is 0.506 e. The van der Waals surface area contributed by atoms with Crippen molar-refractivity contribution in [2.24, 2.45) is 14.1 Å². The third kappa shape index (κ3) is 2.85. The number of esters is 1. The second-order valence-corrected chi connectivity index (χ2v) is 8.35. The number of rotatable bonds is 2. The van der Waals surface area contributed by atoms with E-state index >= 15 is 0 Å². The number of aromatic hydroxyl groups is 1. The van der Waals surface area contributed by atoms with Crippen LogP contribution >= 0.6 is 0 Å². The Labute approximate surface area is 186 Å². The third-order valence-corrected chi connectivity index (χ3v) is 6.33. The van der Waals surface area contributed by atoms with Gasteiger partial charge in [-0.3, -0.25) is 18.7 Å². The highest BCUT2D eigenvalue weighted by Gasteiger charge is 2.37. The third-order valence-electron chi connectivity index (χ3n) is 6.33. The molecule has 1 atom stereocenters. The maximum absolute atomic E-state index is 12.6. The molecule has 5 rings (SSSR count). The van der Waals surface area contributed by atoms with Crippen molar-refractivity contribution in [2.45, 2.75) is 26.2 Å². The highest BCUT2D eigenvalue weighted by atomic mass is 16.5. The first-order chi connectivity index (χ1) is 15.6. The molecule has 1 aliphatic rings. The highest BCUT2D eigenvalue weighted by molar-refractivity contribution is 6.09. The molecule has 4 aromatic rings. The van der Waals surface area contributed by atoms with Crippen molar-refractivity contribution in [1.29, 1.82) is 0 Å². The van der Waals surface area contributed by atoms with Crippen molar-refractivity contribution in [2.75, 3.05) is 0 Å². The van der Waals surface area contributed by atoms with Gasteiger partial charge in [0.1, 0.15) is 16.9 Å². The number of carbonyl (C=O) groups excluding carboxylic acids is 2. The number of aromatic nitrogens is 2. The van der Waals surface area contributed by atoms with E-state index in [0.29, 0.717) is 27.7 Å². The number of ketones is 1. The molecule has 2 aromatic carbocycles. The van der Waals surface area contributed by atoms with Crippen LogP contribution in [0.1, 0.15) is 46.3 Å². The van der Waals surface area contributed by atoms with Gasteiger partial charge >= 0.3 is 17.3 Å². The van der Waals surface area contributed by atoms with Crippen LogP contribution < -0.4 is 16.1 Å². The Kier molecular flexibility index (Phi) is 4.36. The molecule has 1 unspecified atom stereocenters. The second kappa shape index (κ2) is 6.93. The van der Waals surface area contributed by atoms with E-state index in [1.807, 2.05) is 0 Å². The molecule has 3 heterocycles. The number of aryl methyl sites for hydroxylation is 3. The number of hydrogen-bond acceptors (Lipinski definition) is 7. The number of hydrogen-bond donors (Lipinski definition) is 1. The van der Waals surface area contributed by atoms with Crippen LogP contribution in [0.25, 0.3) is 22.0 Å². The van der Waals surface area contributed by atoms with Crippen LogP contribution in [0.15, 0.2) is 38.3 Å². The molecule has 0 saturated heterocycles. The summed E-state index contributed by atoms with van der Waals surface area (Å²) < 4.78 is 14.0. The van der Waals surface area contributed by atoms with E-state index in [0.717, 1.165) is 0 Å². The number of ether oxygens (including phenoxy) is 1. The van der Waals surface area contributed by atoms with Gasteiger partial charge in [0.25, 0.3) is 0 Å². The summed E-state index contributed by atoms with van der Waals surface area (Å²) in [4.78, 5) is 49.7. The van der Waals surface area contributed by atoms with Gasteiger partial charge in [-0.1, -0.05) is 6.07 Å². The number of nitrogens with zero attached hydrogens (tertiary/aromatic N) is 2. The van der Waals surface area contributed by atoms with Crippen molar-refractivity contribution in [3.63, 3.8) is 0 Å². The summed E-state index contributed by atoms with van der Waals surface area (Å²) in [7, 11) is 3.33. The van der Waals surface area contributed by atoms with Crippen LogP contribution in [0.5, 0.6) is 11.5 Å². The number of fused-ring (bicyclic) bond motifs is 4. The van der Waals surface area contributed by atoms with Crippen molar-refractivity contribution < 1.29 is 23.8 Å². The van der Waals surface area contributed by atoms with Gasteiger partial charge in [0.2, 0.25) is 0 Å². The normalized spacial score (nSPS) is 15.6. The molecule has 1 aliphatic heterocycles. The molecule has 9 heteroatoms. The fourth-order valence-electron chi connectivity index (χ4n) is 4.76. The zero-order valence-electron chi connectivity index (χ0n) is 18.4. The van der Waals surface area contributed by atoms with Gasteiger partial charge in [-0.05, 0) is 37.1 Å². The summed E-state index contributed by atoms with van der Waals surface area (Å²) in [6.07, 6.45) is -0.0752. The minimum absolute atomic E-state index is 0.0667. The second-order valence-electron chi connectivity index (χ2n) is 8.35. The number of phenols is 1. The van der Waals surface area contributed by atoms with Crippen molar-refractivity contribution in [3.05, 3.63) is 67.4 Å². The van der Waals surface area contributed by atoms with Crippen LogP contribution in [0.3, 0.4) is 0 Å². The quantitative estimate of drug-likeness (QED) is 0.217. The van der Waals surface area contributed by atoms with Gasteiger partial charge < -0.3 is 14.3 Å². The van der Waals surface area contributed by atoms with E-state index < -0.39 is 29.0 Å². The topological polar surface area (TPSA) is 121 Å². The predicted molar refractivity (Wildman–Crippen MR) is 119 cm³/mol. The zero-order valence-corrected chi connectivity index (χ0v) is 18.4. The molecule has 0 aliphatic carbocycles. The van der Waals surface area contributed by atoms with E-state index in [1.54, 1.807) is 39.2 Å². The Hall–Kier alpha value is -4.14. The first-order valence-electron chi connectivity index (χ1n) is 10.3. The molecule has 33 heavy (non-hydrogen) atoms. The maximum Gasteiger partial charge on any atom is 0.336 e. The summed E-state index contributed by atoms with van der Waals surface area (Å²) in [6, 6.07) is 6.59. The van der Waals surface area contributed by atoms with Crippen molar-refractivity contribution >= 4 is 33.8 Å². The lowest BCUT2D eigenvalue weighted by atomic mass is 9.82. The van der Waals surface area contributed by atoms with Gasteiger partial charge in [0.15, 0.2) is 11.5 Å². The van der Waals surface area contributed by atoms with E-state index in [4.69, 9.17) is 9.15 Å². The molecule has 0 radical (unpaired) electrons. The molecule has 168 valence electrons. The van der Waals surface area contributed by atoms with Crippen LogP contribution in [-0.2, 0) is 18.9 Å². The highest BCUT2D eigenvalue weighted by Crippen LogP contribution is 2.49. The van der Waals surface area contributed by atoms with Crippen LogP contribution in [0.2, 0.25) is 0 Å². The first kappa shape index (κ1) is 20.7. The van der Waals surface area contributed by atoms with Gasteiger partial charge in [-0.25, -0.2) is 9.59 Å². The zero-order chi connectivity index (χ0) is 23.8. The number of phenolic OH excluding ortho intramolecular Hbond substituents is 1. The summed E-state index contributed by atoms with van der Waals surface area (Å²) in [5.41, 5.74) is 1.93. The Morgan fingerprint density at radius 1 is 1.09 bits per heavy atom. The van der Waals surface area contributed by atoms with Crippen LogP contribution in [-0.4, -0.2) is 26.0 Å². The summed E-state index contributed by atoms with van der Waals surface area (Å²) in [6.45, 7) is 2.89. The molecule has 9 nitrogen and oxygen atoms in total. The first-order valence-corrected chi connectivity index (χ1v) is 10.3. The Morgan fingerprint density at radius 2 is 1.79 bits per heavy atom. The lowest BCUT2D eigenvalue weighted by Crippen LogP contribution is -2.24. The fourth-order valence-corrected chi connectivity index (χ4v) is 4.76. The molecular weight excluding hydrogens is 428 g/mol. The van der Waals surface area contributed by atoms with E-state index in [1.165, 1.54) is 22.1 Å². The minimum Gasteiger partial charge on any atom is -0.506 e. The number of carbonyl (C=O) groups is 2. The van der Waals surface area contributed by atoms with Gasteiger partial charge in [0, 0.05) is 31.6 Å². The van der Waals surface area contributed by atoms with Crippen molar-refractivity contribution in [3.8, 4) is 11.5 Å². The molecule has 0 fully saturated rings. The van der Waals surface area contributed by atoms with Crippen LogP contribution in [0, 0.1) is 6.92 Å².